The molecule has 0 bridgehead atoms. The number of furan rings is 1. The van der Waals surface area contributed by atoms with Crippen molar-refractivity contribution in [1.82, 2.24) is 4.57 Å². The van der Waals surface area contributed by atoms with Gasteiger partial charge in [0.25, 0.3) is 0 Å². The van der Waals surface area contributed by atoms with Crippen molar-refractivity contribution in [2.75, 3.05) is 0 Å². The zero-order chi connectivity index (χ0) is 17.9. The van der Waals surface area contributed by atoms with Gasteiger partial charge >= 0.3 is 5.97 Å². The highest BCUT2D eigenvalue weighted by Gasteiger charge is 2.31. The number of carboxylic acid groups (broad SMARTS) is 1. The molecule has 0 spiro atoms. The second-order valence-corrected chi connectivity index (χ2v) is 7.07. The first-order chi connectivity index (χ1) is 11.9. The van der Waals surface area contributed by atoms with Crippen LogP contribution in [0.3, 0.4) is 0 Å². The molecule has 2 aromatic heterocycles. The Balaban J connectivity index is 2.06. The molecule has 0 saturated carbocycles. The lowest BCUT2D eigenvalue weighted by Gasteiger charge is -2.31. The third kappa shape index (κ3) is 2.30. The third-order valence-corrected chi connectivity index (χ3v) is 5.03. The quantitative estimate of drug-likeness (QED) is 0.766. The van der Waals surface area contributed by atoms with E-state index in [9.17, 15) is 14.7 Å². The van der Waals surface area contributed by atoms with Gasteiger partial charge in [-0.1, -0.05) is 26.0 Å². The Labute approximate surface area is 144 Å². The number of pyridine rings is 1. The molecule has 5 heteroatoms. The number of rotatable bonds is 2. The van der Waals surface area contributed by atoms with Gasteiger partial charge in [0.2, 0.25) is 0 Å². The lowest BCUT2D eigenvalue weighted by atomic mass is 9.89. The molecule has 3 heterocycles. The van der Waals surface area contributed by atoms with Crippen LogP contribution >= 0.6 is 0 Å². The van der Waals surface area contributed by atoms with E-state index in [-0.39, 0.29) is 17.5 Å². The van der Waals surface area contributed by atoms with Crippen LogP contribution in [0.1, 0.15) is 41.4 Å². The summed E-state index contributed by atoms with van der Waals surface area (Å²) in [4.78, 5) is 23.6. The van der Waals surface area contributed by atoms with E-state index in [1.54, 1.807) is 0 Å². The molecule has 1 atom stereocenters. The molecule has 1 aliphatic heterocycles. The molecule has 1 aliphatic rings. The lowest BCUT2D eigenvalue weighted by molar-refractivity contribution is 0.0694. The van der Waals surface area contributed by atoms with Crippen molar-refractivity contribution in [3.8, 4) is 11.5 Å². The van der Waals surface area contributed by atoms with E-state index in [4.69, 9.17) is 4.42 Å². The summed E-state index contributed by atoms with van der Waals surface area (Å²) in [5.74, 6) is -0.244. The monoisotopic (exact) mass is 337 g/mol. The van der Waals surface area contributed by atoms with E-state index < -0.39 is 11.4 Å². The molecule has 3 aromatic rings. The summed E-state index contributed by atoms with van der Waals surface area (Å²) in [6, 6.07) is 7.57. The largest absolute Gasteiger partial charge is 0.477 e. The summed E-state index contributed by atoms with van der Waals surface area (Å²) < 4.78 is 7.97. The fourth-order valence-electron chi connectivity index (χ4n) is 3.70. The first-order valence-electron chi connectivity index (χ1n) is 8.38. The van der Waals surface area contributed by atoms with Crippen LogP contribution in [-0.2, 0) is 6.42 Å². The van der Waals surface area contributed by atoms with Crippen LogP contribution in [0.4, 0.5) is 0 Å². The Bertz CT molecular complexity index is 1070. The molecule has 1 aromatic carbocycles. The fraction of sp³-hybridized carbons (Fsp3) is 0.300. The van der Waals surface area contributed by atoms with Gasteiger partial charge in [-0.15, -0.1) is 0 Å². The first-order valence-corrected chi connectivity index (χ1v) is 8.38. The Morgan fingerprint density at radius 1 is 1.32 bits per heavy atom. The Morgan fingerprint density at radius 2 is 2.08 bits per heavy atom. The number of aryl methyl sites for hydroxylation is 1. The van der Waals surface area contributed by atoms with Crippen LogP contribution in [0.25, 0.3) is 22.4 Å². The SMILES string of the molecule is Cc1ccc2c3c(oc2c1)-c1cc(=O)c(C(=O)O)cn1[C@H](C(C)C)C3. The highest BCUT2D eigenvalue weighted by molar-refractivity contribution is 5.90. The van der Waals surface area contributed by atoms with Crippen molar-refractivity contribution in [2.24, 2.45) is 5.92 Å². The van der Waals surface area contributed by atoms with Gasteiger partial charge in [-0.05, 0) is 30.9 Å². The number of fused-ring (bicyclic) bond motifs is 5. The highest BCUT2D eigenvalue weighted by Crippen LogP contribution is 2.42. The second-order valence-electron chi connectivity index (χ2n) is 7.07. The highest BCUT2D eigenvalue weighted by atomic mass is 16.4. The van der Waals surface area contributed by atoms with Gasteiger partial charge in [-0.25, -0.2) is 4.79 Å². The fourth-order valence-corrected chi connectivity index (χ4v) is 3.70. The Morgan fingerprint density at radius 3 is 2.76 bits per heavy atom. The van der Waals surface area contributed by atoms with Gasteiger partial charge < -0.3 is 14.1 Å². The van der Waals surface area contributed by atoms with Gasteiger partial charge in [0.05, 0.1) is 5.69 Å². The summed E-state index contributed by atoms with van der Waals surface area (Å²) in [5, 5.41) is 10.4. The van der Waals surface area contributed by atoms with E-state index in [2.05, 4.69) is 26.0 Å². The molecule has 0 saturated heterocycles. The van der Waals surface area contributed by atoms with Crippen LogP contribution in [0.15, 0.2) is 39.7 Å². The number of aromatic nitrogens is 1. The van der Waals surface area contributed by atoms with Gasteiger partial charge in [0, 0.05) is 29.3 Å². The van der Waals surface area contributed by atoms with Gasteiger partial charge in [-0.2, -0.15) is 0 Å². The molecular formula is C20H19NO4. The third-order valence-electron chi connectivity index (χ3n) is 5.03. The summed E-state index contributed by atoms with van der Waals surface area (Å²) >= 11 is 0. The number of nitrogens with zero attached hydrogens (tertiary/aromatic N) is 1. The Hall–Kier alpha value is -2.82. The molecule has 0 amide bonds. The van der Waals surface area contributed by atoms with Crippen molar-refractivity contribution >= 4 is 16.9 Å². The van der Waals surface area contributed by atoms with Gasteiger partial charge in [0.15, 0.2) is 11.2 Å². The minimum Gasteiger partial charge on any atom is -0.477 e. The van der Waals surface area contributed by atoms with Crippen molar-refractivity contribution in [3.63, 3.8) is 0 Å². The summed E-state index contributed by atoms with van der Waals surface area (Å²) in [5.41, 5.74) is 2.96. The van der Waals surface area contributed by atoms with E-state index >= 15 is 0 Å². The van der Waals surface area contributed by atoms with Crippen LogP contribution < -0.4 is 5.43 Å². The summed E-state index contributed by atoms with van der Waals surface area (Å²) in [6.45, 7) is 6.21. The topological polar surface area (TPSA) is 72.4 Å². The molecule has 0 fully saturated rings. The number of hydrogen-bond acceptors (Lipinski definition) is 3. The zero-order valence-electron chi connectivity index (χ0n) is 14.4. The predicted octanol–water partition coefficient (Wildman–Crippen LogP) is 4.02. The number of hydrogen-bond donors (Lipinski definition) is 1. The standard InChI is InChI=1S/C20H19NO4/c1-10(2)15-7-13-12-5-4-11(3)6-18(12)25-19(13)16-8-17(22)14(20(23)24)9-21(15)16/h4-6,8-10,15H,7H2,1-3H3,(H,23,24)/t15-/m0/s1. The molecule has 128 valence electrons. The first kappa shape index (κ1) is 15.7. The molecular weight excluding hydrogens is 318 g/mol. The zero-order valence-corrected chi connectivity index (χ0v) is 14.4. The summed E-state index contributed by atoms with van der Waals surface area (Å²) in [6.07, 6.45) is 2.21. The van der Waals surface area contributed by atoms with Crippen molar-refractivity contribution in [2.45, 2.75) is 33.2 Å². The lowest BCUT2D eigenvalue weighted by Crippen LogP contribution is -2.27. The van der Waals surface area contributed by atoms with Gasteiger partial charge in [-0.3, -0.25) is 4.79 Å². The second kappa shape index (κ2) is 5.34. The smallest absolute Gasteiger partial charge is 0.341 e. The van der Waals surface area contributed by atoms with Crippen LogP contribution in [0.2, 0.25) is 0 Å². The van der Waals surface area contributed by atoms with Gasteiger partial charge in [0.1, 0.15) is 11.1 Å². The molecule has 1 N–H and O–H groups in total. The van der Waals surface area contributed by atoms with Crippen molar-refractivity contribution < 1.29 is 14.3 Å². The normalized spacial score (nSPS) is 16.1. The molecule has 0 radical (unpaired) electrons. The van der Waals surface area contributed by atoms with E-state index in [1.807, 2.05) is 17.6 Å². The minimum atomic E-state index is -1.20. The molecule has 0 unspecified atom stereocenters. The molecule has 5 nitrogen and oxygen atoms in total. The molecule has 25 heavy (non-hydrogen) atoms. The number of benzene rings is 1. The van der Waals surface area contributed by atoms with E-state index in [0.29, 0.717) is 11.5 Å². The maximum atomic E-state index is 12.3. The predicted molar refractivity (Wildman–Crippen MR) is 95.2 cm³/mol. The van der Waals surface area contributed by atoms with E-state index in [1.165, 1.54) is 12.3 Å². The van der Waals surface area contributed by atoms with Crippen LogP contribution in [-0.4, -0.2) is 15.6 Å². The maximum Gasteiger partial charge on any atom is 0.341 e. The maximum absolute atomic E-state index is 12.3. The molecule has 0 aliphatic carbocycles. The number of aromatic carboxylic acids is 1. The van der Waals surface area contributed by atoms with Crippen molar-refractivity contribution in [3.05, 3.63) is 57.4 Å². The minimum absolute atomic E-state index is 0.0725. The average molecular weight is 337 g/mol. The summed E-state index contributed by atoms with van der Waals surface area (Å²) in [7, 11) is 0. The Kier molecular flexibility index (Phi) is 3.35. The number of carboxylic acids is 1. The van der Waals surface area contributed by atoms with Crippen LogP contribution in [0.5, 0.6) is 0 Å². The van der Waals surface area contributed by atoms with Crippen molar-refractivity contribution in [1.29, 1.82) is 0 Å². The number of carbonyl (C=O) groups is 1. The molecule has 4 rings (SSSR count). The van der Waals surface area contributed by atoms with Crippen LogP contribution in [0, 0.1) is 12.8 Å². The van der Waals surface area contributed by atoms with E-state index in [0.717, 1.165) is 28.5 Å². The average Bonchev–Trinajstić information content (AvgIpc) is 2.90.